The lowest BCUT2D eigenvalue weighted by Gasteiger charge is -2.02. The minimum atomic E-state index is -0.990. The van der Waals surface area contributed by atoms with Gasteiger partial charge in [-0.3, -0.25) is 4.79 Å². The van der Waals surface area contributed by atoms with Gasteiger partial charge in [0.05, 0.1) is 6.61 Å². The SMILES string of the molecule is COCC1CC1(N)C(=O)O. The number of methoxy groups -OCH3 is 1. The zero-order valence-corrected chi connectivity index (χ0v) is 5.83. The van der Waals surface area contributed by atoms with Crippen LogP contribution in [-0.4, -0.2) is 30.3 Å². The normalized spacial score (nSPS) is 37.6. The maximum Gasteiger partial charge on any atom is 0.324 e. The van der Waals surface area contributed by atoms with E-state index in [4.69, 9.17) is 15.6 Å². The Hall–Kier alpha value is -0.610. The molecule has 4 nitrogen and oxygen atoms in total. The van der Waals surface area contributed by atoms with E-state index in [0.29, 0.717) is 13.0 Å². The average Bonchev–Trinajstić information content (AvgIpc) is 2.45. The first-order valence-electron chi connectivity index (χ1n) is 3.12. The van der Waals surface area contributed by atoms with Crippen molar-refractivity contribution in [2.75, 3.05) is 13.7 Å². The van der Waals surface area contributed by atoms with Crippen molar-refractivity contribution in [2.45, 2.75) is 12.0 Å². The number of nitrogens with two attached hydrogens (primary N) is 1. The number of hydrogen-bond donors (Lipinski definition) is 2. The number of carboxylic acid groups (broad SMARTS) is 1. The van der Waals surface area contributed by atoms with Crippen LogP contribution < -0.4 is 5.73 Å². The molecule has 2 unspecified atom stereocenters. The van der Waals surface area contributed by atoms with Gasteiger partial charge in [-0.1, -0.05) is 0 Å². The maximum absolute atomic E-state index is 10.4. The first kappa shape index (κ1) is 7.50. The van der Waals surface area contributed by atoms with Crippen molar-refractivity contribution in [2.24, 2.45) is 11.7 Å². The van der Waals surface area contributed by atoms with Crippen LogP contribution in [0.15, 0.2) is 0 Å². The van der Waals surface area contributed by atoms with Crippen molar-refractivity contribution < 1.29 is 14.6 Å². The van der Waals surface area contributed by atoms with E-state index in [1.807, 2.05) is 0 Å². The van der Waals surface area contributed by atoms with Crippen molar-refractivity contribution in [3.63, 3.8) is 0 Å². The molecule has 10 heavy (non-hydrogen) atoms. The summed E-state index contributed by atoms with van der Waals surface area (Å²) < 4.78 is 4.77. The highest BCUT2D eigenvalue weighted by Crippen LogP contribution is 2.41. The summed E-state index contributed by atoms with van der Waals surface area (Å²) in [7, 11) is 1.54. The van der Waals surface area contributed by atoms with Gasteiger partial charge in [0.1, 0.15) is 5.54 Å². The van der Waals surface area contributed by atoms with Gasteiger partial charge >= 0.3 is 5.97 Å². The van der Waals surface area contributed by atoms with Crippen molar-refractivity contribution in [3.05, 3.63) is 0 Å². The molecule has 1 saturated carbocycles. The molecule has 2 atom stereocenters. The van der Waals surface area contributed by atoms with Crippen LogP contribution in [0.1, 0.15) is 6.42 Å². The van der Waals surface area contributed by atoms with Gasteiger partial charge in [0, 0.05) is 13.0 Å². The molecular weight excluding hydrogens is 134 g/mol. The molecule has 0 amide bonds. The third kappa shape index (κ3) is 0.998. The summed E-state index contributed by atoms with van der Waals surface area (Å²) in [5, 5.41) is 8.53. The van der Waals surface area contributed by atoms with Gasteiger partial charge < -0.3 is 15.6 Å². The van der Waals surface area contributed by atoms with Crippen molar-refractivity contribution in [1.29, 1.82) is 0 Å². The number of carboxylic acids is 1. The molecule has 0 radical (unpaired) electrons. The Morgan fingerprint density at radius 1 is 2.00 bits per heavy atom. The van der Waals surface area contributed by atoms with E-state index in [2.05, 4.69) is 0 Å². The molecule has 0 aromatic heterocycles. The number of hydrogen-bond acceptors (Lipinski definition) is 3. The molecule has 0 aromatic carbocycles. The molecule has 0 bridgehead atoms. The zero-order chi connectivity index (χ0) is 7.78. The molecule has 58 valence electrons. The third-order valence-corrected chi connectivity index (χ3v) is 1.92. The summed E-state index contributed by atoms with van der Waals surface area (Å²) in [5.41, 5.74) is 4.45. The Kier molecular flexibility index (Phi) is 1.66. The second kappa shape index (κ2) is 2.21. The summed E-state index contributed by atoms with van der Waals surface area (Å²) in [6.45, 7) is 0.447. The first-order chi connectivity index (χ1) is 4.61. The minimum absolute atomic E-state index is 0.00926. The second-order valence-electron chi connectivity index (χ2n) is 2.70. The van der Waals surface area contributed by atoms with Crippen LogP contribution in [0.25, 0.3) is 0 Å². The smallest absolute Gasteiger partial charge is 0.324 e. The Morgan fingerprint density at radius 3 is 2.90 bits per heavy atom. The van der Waals surface area contributed by atoms with Gasteiger partial charge in [-0.2, -0.15) is 0 Å². The summed E-state index contributed by atoms with van der Waals surface area (Å²) >= 11 is 0. The zero-order valence-electron chi connectivity index (χ0n) is 5.83. The largest absolute Gasteiger partial charge is 0.480 e. The molecule has 0 spiro atoms. The fraction of sp³-hybridized carbons (Fsp3) is 0.833. The van der Waals surface area contributed by atoms with Crippen LogP contribution in [-0.2, 0) is 9.53 Å². The predicted molar refractivity (Wildman–Crippen MR) is 34.5 cm³/mol. The third-order valence-electron chi connectivity index (χ3n) is 1.92. The summed E-state index contributed by atoms with van der Waals surface area (Å²) in [6.07, 6.45) is 0.538. The van der Waals surface area contributed by atoms with Crippen LogP contribution in [0.2, 0.25) is 0 Å². The molecule has 3 N–H and O–H groups in total. The van der Waals surface area contributed by atoms with Gasteiger partial charge in [-0.15, -0.1) is 0 Å². The van der Waals surface area contributed by atoms with Gasteiger partial charge in [-0.25, -0.2) is 0 Å². The molecule has 0 aliphatic heterocycles. The van der Waals surface area contributed by atoms with Gasteiger partial charge in [0.25, 0.3) is 0 Å². The Labute approximate surface area is 59.0 Å². The van der Waals surface area contributed by atoms with Crippen LogP contribution in [0.5, 0.6) is 0 Å². The Bertz CT molecular complexity index is 159. The molecule has 4 heteroatoms. The molecular formula is C6H11NO3. The summed E-state index contributed by atoms with van der Waals surface area (Å²) in [6, 6.07) is 0. The fourth-order valence-corrected chi connectivity index (χ4v) is 1.02. The van der Waals surface area contributed by atoms with E-state index < -0.39 is 11.5 Å². The van der Waals surface area contributed by atoms with Gasteiger partial charge in [0.15, 0.2) is 0 Å². The number of ether oxygens (including phenoxy) is 1. The van der Waals surface area contributed by atoms with Crippen LogP contribution in [0, 0.1) is 5.92 Å². The first-order valence-corrected chi connectivity index (χ1v) is 3.12. The van der Waals surface area contributed by atoms with Gasteiger partial charge in [0.2, 0.25) is 0 Å². The van der Waals surface area contributed by atoms with Crippen LogP contribution >= 0.6 is 0 Å². The highest BCUT2D eigenvalue weighted by molar-refractivity contribution is 5.82. The number of carbonyl (C=O) groups is 1. The lowest BCUT2D eigenvalue weighted by atomic mass is 10.2. The van der Waals surface area contributed by atoms with E-state index in [1.165, 1.54) is 0 Å². The lowest BCUT2D eigenvalue weighted by Crippen LogP contribution is -2.35. The van der Waals surface area contributed by atoms with Crippen molar-refractivity contribution in [1.82, 2.24) is 0 Å². The van der Waals surface area contributed by atoms with Gasteiger partial charge in [-0.05, 0) is 6.42 Å². The topological polar surface area (TPSA) is 72.5 Å². The highest BCUT2D eigenvalue weighted by atomic mass is 16.5. The Morgan fingerprint density at radius 2 is 2.60 bits per heavy atom. The van der Waals surface area contributed by atoms with E-state index in [-0.39, 0.29) is 5.92 Å². The average molecular weight is 145 g/mol. The second-order valence-corrected chi connectivity index (χ2v) is 2.70. The molecule has 1 aliphatic rings. The molecule has 1 rings (SSSR count). The molecule has 0 heterocycles. The van der Waals surface area contributed by atoms with Crippen LogP contribution in [0.4, 0.5) is 0 Å². The number of rotatable bonds is 3. The monoisotopic (exact) mass is 145 g/mol. The summed E-state index contributed by atoms with van der Waals surface area (Å²) in [4.78, 5) is 10.4. The standard InChI is InChI=1S/C6H11NO3/c1-10-3-4-2-6(4,7)5(8)9/h4H,2-3,7H2,1H3,(H,8,9). The van der Waals surface area contributed by atoms with Crippen molar-refractivity contribution in [3.8, 4) is 0 Å². The molecule has 1 fully saturated rings. The van der Waals surface area contributed by atoms with E-state index in [1.54, 1.807) is 7.11 Å². The Balaban J connectivity index is 2.40. The lowest BCUT2D eigenvalue weighted by molar-refractivity contribution is -0.140. The van der Waals surface area contributed by atoms with E-state index >= 15 is 0 Å². The minimum Gasteiger partial charge on any atom is -0.480 e. The number of aliphatic carboxylic acids is 1. The predicted octanol–water partition coefficient (Wildman–Crippen LogP) is -0.565. The maximum atomic E-state index is 10.4. The quantitative estimate of drug-likeness (QED) is 0.558. The fourth-order valence-electron chi connectivity index (χ4n) is 1.02. The highest BCUT2D eigenvalue weighted by Gasteiger charge is 2.57. The van der Waals surface area contributed by atoms with Crippen LogP contribution in [0.3, 0.4) is 0 Å². The molecule has 1 aliphatic carbocycles. The van der Waals surface area contributed by atoms with E-state index in [9.17, 15) is 4.79 Å². The molecule has 0 aromatic rings. The summed E-state index contributed by atoms with van der Waals surface area (Å²) in [5.74, 6) is -0.912. The van der Waals surface area contributed by atoms with E-state index in [0.717, 1.165) is 0 Å². The molecule has 0 saturated heterocycles. The van der Waals surface area contributed by atoms with Crippen molar-refractivity contribution >= 4 is 5.97 Å².